The molecule has 1 heterocycles. The average molecular weight is 236 g/mol. The van der Waals surface area contributed by atoms with E-state index in [9.17, 15) is 9.59 Å². The van der Waals surface area contributed by atoms with Gasteiger partial charge >= 0.3 is 5.63 Å². The number of rotatable bonds is 6. The quantitative estimate of drug-likeness (QED) is 0.349. The summed E-state index contributed by atoms with van der Waals surface area (Å²) in [4.78, 5) is 24.8. The van der Waals surface area contributed by atoms with Crippen LogP contribution in [0.25, 0.3) is 10.4 Å². The Bertz CT molecular complexity index is 456. The minimum atomic E-state index is -0.490. The molecule has 0 unspecified atom stereocenters. The highest BCUT2D eigenvalue weighted by molar-refractivity contribution is 5.93. The summed E-state index contributed by atoms with van der Waals surface area (Å²) in [5.74, 6) is -0.294. The second-order valence-corrected chi connectivity index (χ2v) is 3.26. The Morgan fingerprint density at radius 1 is 1.47 bits per heavy atom. The molecule has 0 saturated carbocycles. The van der Waals surface area contributed by atoms with Crippen LogP contribution >= 0.6 is 0 Å². The van der Waals surface area contributed by atoms with E-state index < -0.39 is 5.63 Å². The maximum Gasteiger partial charge on any atom is 0.335 e. The van der Waals surface area contributed by atoms with Crippen LogP contribution in [-0.4, -0.2) is 19.0 Å². The van der Waals surface area contributed by atoms with Crippen molar-refractivity contribution in [2.45, 2.75) is 12.8 Å². The van der Waals surface area contributed by atoms with E-state index in [1.165, 1.54) is 12.1 Å². The number of carbonyl (C=O) groups excluding carboxylic acids is 1. The molecule has 7 nitrogen and oxygen atoms in total. The van der Waals surface area contributed by atoms with Crippen molar-refractivity contribution in [3.63, 3.8) is 0 Å². The van der Waals surface area contributed by atoms with E-state index in [2.05, 4.69) is 19.8 Å². The van der Waals surface area contributed by atoms with Gasteiger partial charge in [-0.05, 0) is 24.4 Å². The zero-order chi connectivity index (χ0) is 12.5. The molecule has 0 aliphatic rings. The van der Waals surface area contributed by atoms with Gasteiger partial charge in [-0.25, -0.2) is 4.79 Å². The van der Waals surface area contributed by atoms with E-state index in [1.807, 2.05) is 0 Å². The van der Waals surface area contributed by atoms with Crippen molar-refractivity contribution in [1.29, 1.82) is 0 Å². The Morgan fingerprint density at radius 3 is 2.94 bits per heavy atom. The standard InChI is InChI=1S/C10H12N4O3/c11-14-13-6-2-1-5-12-10(16)8-3-4-9(15)17-7-8/h3-4,7H,1-2,5-6H2,(H,12,16). The van der Waals surface area contributed by atoms with Gasteiger partial charge in [-0.3, -0.25) is 4.79 Å². The molecule has 90 valence electrons. The molecule has 7 heteroatoms. The second kappa shape index (κ2) is 7.08. The minimum absolute atomic E-state index is 0.294. The van der Waals surface area contributed by atoms with Gasteiger partial charge in [0.05, 0.1) is 5.56 Å². The monoisotopic (exact) mass is 236 g/mol. The van der Waals surface area contributed by atoms with Crippen molar-refractivity contribution in [2.75, 3.05) is 13.1 Å². The Labute approximate surface area is 97.1 Å². The van der Waals surface area contributed by atoms with Gasteiger partial charge in [0.2, 0.25) is 0 Å². The normalized spacial score (nSPS) is 9.41. The summed E-state index contributed by atoms with van der Waals surface area (Å²) in [6, 6.07) is 2.59. The van der Waals surface area contributed by atoms with E-state index in [0.717, 1.165) is 12.7 Å². The summed E-state index contributed by atoms with van der Waals surface area (Å²) in [6.45, 7) is 0.908. The maximum absolute atomic E-state index is 11.5. The Hall–Kier alpha value is -2.27. The van der Waals surface area contributed by atoms with Gasteiger partial charge in [0.25, 0.3) is 5.91 Å². The van der Waals surface area contributed by atoms with Gasteiger partial charge in [-0.1, -0.05) is 5.11 Å². The van der Waals surface area contributed by atoms with Crippen LogP contribution in [0.4, 0.5) is 0 Å². The lowest BCUT2D eigenvalue weighted by atomic mass is 10.2. The fourth-order valence-corrected chi connectivity index (χ4v) is 1.14. The maximum atomic E-state index is 11.5. The molecule has 0 spiro atoms. The lowest BCUT2D eigenvalue weighted by molar-refractivity contribution is 0.0950. The van der Waals surface area contributed by atoms with Crippen molar-refractivity contribution in [3.05, 3.63) is 44.8 Å². The highest BCUT2D eigenvalue weighted by atomic mass is 16.4. The predicted octanol–water partition coefficient (Wildman–Crippen LogP) is 1.46. The molecule has 0 bridgehead atoms. The minimum Gasteiger partial charge on any atom is -0.430 e. The van der Waals surface area contributed by atoms with Crippen molar-refractivity contribution >= 4 is 5.91 Å². The number of carbonyl (C=O) groups is 1. The molecule has 1 N–H and O–H groups in total. The van der Waals surface area contributed by atoms with Gasteiger partial charge in [-0.15, -0.1) is 0 Å². The van der Waals surface area contributed by atoms with Crippen LogP contribution < -0.4 is 10.9 Å². The zero-order valence-corrected chi connectivity index (χ0v) is 9.13. The largest absolute Gasteiger partial charge is 0.430 e. The lowest BCUT2D eigenvalue weighted by Gasteiger charge is -2.03. The molecular weight excluding hydrogens is 224 g/mol. The Balaban J connectivity index is 2.28. The first-order valence-electron chi connectivity index (χ1n) is 5.12. The van der Waals surface area contributed by atoms with Gasteiger partial charge in [0, 0.05) is 24.1 Å². The highest BCUT2D eigenvalue weighted by Crippen LogP contribution is 1.95. The number of hydrogen-bond acceptors (Lipinski definition) is 4. The fraction of sp³-hybridized carbons (Fsp3) is 0.400. The summed E-state index contributed by atoms with van der Waals surface area (Å²) in [5.41, 5.74) is 7.85. The van der Waals surface area contributed by atoms with Crippen LogP contribution in [-0.2, 0) is 0 Å². The molecular formula is C10H12N4O3. The van der Waals surface area contributed by atoms with E-state index >= 15 is 0 Å². The summed E-state index contributed by atoms with van der Waals surface area (Å²) in [7, 11) is 0. The highest BCUT2D eigenvalue weighted by Gasteiger charge is 2.04. The van der Waals surface area contributed by atoms with Crippen molar-refractivity contribution in [2.24, 2.45) is 5.11 Å². The van der Waals surface area contributed by atoms with Crippen LogP contribution in [0.2, 0.25) is 0 Å². The van der Waals surface area contributed by atoms with E-state index in [-0.39, 0.29) is 5.91 Å². The average Bonchev–Trinajstić information content (AvgIpc) is 2.34. The van der Waals surface area contributed by atoms with Crippen LogP contribution in [0.15, 0.2) is 32.7 Å². The van der Waals surface area contributed by atoms with Crippen molar-refractivity contribution in [3.8, 4) is 0 Å². The number of hydrogen-bond donors (Lipinski definition) is 1. The molecule has 0 aromatic carbocycles. The third-order valence-corrected chi connectivity index (χ3v) is 2.00. The topological polar surface area (TPSA) is 108 Å². The SMILES string of the molecule is [N-]=[N+]=NCCCCNC(=O)c1ccc(=O)oc1. The molecule has 0 fully saturated rings. The van der Waals surface area contributed by atoms with Crippen molar-refractivity contribution in [1.82, 2.24) is 5.32 Å². The molecule has 0 radical (unpaired) electrons. The number of azide groups is 1. The molecule has 0 saturated heterocycles. The Kier molecular flexibility index (Phi) is 5.33. The first-order valence-corrected chi connectivity index (χ1v) is 5.12. The third kappa shape index (κ3) is 4.85. The second-order valence-electron chi connectivity index (χ2n) is 3.26. The van der Waals surface area contributed by atoms with E-state index in [1.54, 1.807) is 0 Å². The van der Waals surface area contributed by atoms with Gasteiger partial charge in [0.15, 0.2) is 0 Å². The molecule has 1 aromatic rings. The van der Waals surface area contributed by atoms with Gasteiger partial charge in [-0.2, -0.15) is 0 Å². The summed E-state index contributed by atoms with van der Waals surface area (Å²) in [6.07, 6.45) is 2.56. The fourth-order valence-electron chi connectivity index (χ4n) is 1.14. The summed E-state index contributed by atoms with van der Waals surface area (Å²) < 4.78 is 4.57. The molecule has 0 aliphatic heterocycles. The van der Waals surface area contributed by atoms with Crippen LogP contribution in [0.5, 0.6) is 0 Å². The molecule has 1 rings (SSSR count). The first kappa shape index (κ1) is 12.8. The Morgan fingerprint density at radius 2 is 2.29 bits per heavy atom. The molecule has 0 aliphatic carbocycles. The zero-order valence-electron chi connectivity index (χ0n) is 9.13. The number of amides is 1. The van der Waals surface area contributed by atoms with Crippen LogP contribution in [0.1, 0.15) is 23.2 Å². The van der Waals surface area contributed by atoms with E-state index in [4.69, 9.17) is 5.53 Å². The van der Waals surface area contributed by atoms with Crippen LogP contribution in [0.3, 0.4) is 0 Å². The molecule has 1 amide bonds. The molecule has 0 atom stereocenters. The lowest BCUT2D eigenvalue weighted by Crippen LogP contribution is -2.24. The molecule has 1 aromatic heterocycles. The smallest absolute Gasteiger partial charge is 0.335 e. The number of unbranched alkanes of at least 4 members (excludes halogenated alkanes) is 1. The molecule has 17 heavy (non-hydrogen) atoms. The number of nitrogens with zero attached hydrogens (tertiary/aromatic N) is 3. The first-order chi connectivity index (χ1) is 8.24. The van der Waals surface area contributed by atoms with E-state index in [0.29, 0.717) is 25.1 Å². The van der Waals surface area contributed by atoms with Crippen molar-refractivity contribution < 1.29 is 9.21 Å². The number of nitrogens with one attached hydrogen (secondary N) is 1. The third-order valence-electron chi connectivity index (χ3n) is 2.00. The van der Waals surface area contributed by atoms with Crippen LogP contribution in [0, 0.1) is 0 Å². The van der Waals surface area contributed by atoms with Gasteiger partial charge in [0.1, 0.15) is 6.26 Å². The summed E-state index contributed by atoms with van der Waals surface area (Å²) in [5, 5.41) is 6.03. The summed E-state index contributed by atoms with van der Waals surface area (Å²) >= 11 is 0. The van der Waals surface area contributed by atoms with Gasteiger partial charge < -0.3 is 9.73 Å². The predicted molar refractivity (Wildman–Crippen MR) is 60.6 cm³/mol.